The van der Waals surface area contributed by atoms with Crippen LogP contribution in [0.15, 0.2) is 53.5 Å². The van der Waals surface area contributed by atoms with Crippen LogP contribution in [0.4, 0.5) is 22.0 Å². The van der Waals surface area contributed by atoms with Crippen LogP contribution in [0.25, 0.3) is 11.3 Å². The number of carbonyl (C=O) groups excluding carboxylic acids is 2. The van der Waals surface area contributed by atoms with Gasteiger partial charge in [0.2, 0.25) is 5.91 Å². The lowest BCUT2D eigenvalue weighted by Gasteiger charge is -2.37. The Hall–Kier alpha value is -3.90. The van der Waals surface area contributed by atoms with Crippen LogP contribution >= 0.6 is 34.5 Å². The molecule has 4 aromatic rings. The minimum atomic E-state index is -0.707. The summed E-state index contributed by atoms with van der Waals surface area (Å²) in [6.07, 6.45) is 5.11. The number of benzene rings is 2. The van der Waals surface area contributed by atoms with Gasteiger partial charge in [-0.05, 0) is 74.2 Å². The van der Waals surface area contributed by atoms with Crippen LogP contribution in [0.3, 0.4) is 0 Å². The summed E-state index contributed by atoms with van der Waals surface area (Å²) in [5, 5.41) is 6.68. The van der Waals surface area contributed by atoms with Gasteiger partial charge in [-0.25, -0.2) is 9.78 Å². The number of rotatable bonds is 6. The van der Waals surface area contributed by atoms with Crippen LogP contribution in [-0.2, 0) is 24.7 Å². The molecule has 1 saturated heterocycles. The summed E-state index contributed by atoms with van der Waals surface area (Å²) < 4.78 is 6.97. The molecular weight excluding hydrogens is 635 g/mol. The van der Waals surface area contributed by atoms with E-state index < -0.39 is 6.09 Å². The van der Waals surface area contributed by atoms with E-state index in [2.05, 4.69) is 15.6 Å². The molecular formula is C32H32Cl2N6O4S. The Morgan fingerprint density at radius 3 is 2.53 bits per heavy atom. The number of likely N-dealkylation sites (N-methyl/N-ethyl adjacent to an activating group) is 2. The molecule has 2 aromatic heterocycles. The number of aryl methyl sites for hydroxylation is 3. The van der Waals surface area contributed by atoms with Crippen LogP contribution in [0.5, 0.6) is 5.06 Å². The molecule has 3 heterocycles. The molecule has 0 radical (unpaired) electrons. The van der Waals surface area contributed by atoms with Gasteiger partial charge in [0.05, 0.1) is 21.4 Å². The molecule has 45 heavy (non-hydrogen) atoms. The molecule has 1 unspecified atom stereocenters. The minimum absolute atomic E-state index is 0.0416. The summed E-state index contributed by atoms with van der Waals surface area (Å²) in [5.41, 5.74) is 3.39. The molecule has 234 valence electrons. The van der Waals surface area contributed by atoms with E-state index in [0.717, 1.165) is 37.8 Å². The maximum absolute atomic E-state index is 13.0. The molecule has 1 aliphatic heterocycles. The topological polar surface area (TPSA) is 109 Å². The van der Waals surface area contributed by atoms with E-state index in [1.807, 2.05) is 42.3 Å². The van der Waals surface area contributed by atoms with Gasteiger partial charge in [0.25, 0.3) is 5.56 Å². The molecule has 6 rings (SSSR count). The standard InChI is InChI=1S/C32H32Cl2N6O4S/c1-38-14-15-39(2)30(41)28(38)18-8-10-20(11-9-18)35-29-31(42)40(3)17-23(36-29)21-12-13-22(33)27(26(21)34)37-32(43)44-25-16-19-6-4-5-7-24(19)45-25/h8-13,16-17,28H,4-7,14-15H2,1-3H3,(H,35,36)(H,37,43). The third kappa shape index (κ3) is 6.44. The summed E-state index contributed by atoms with van der Waals surface area (Å²) in [4.78, 5) is 48.3. The van der Waals surface area contributed by atoms with Crippen molar-refractivity contribution in [3.05, 3.63) is 85.1 Å². The Bertz CT molecular complexity index is 1820. The number of amides is 2. The quantitative estimate of drug-likeness (QED) is 0.242. The first-order chi connectivity index (χ1) is 21.6. The molecule has 1 fully saturated rings. The van der Waals surface area contributed by atoms with E-state index in [0.29, 0.717) is 28.6 Å². The van der Waals surface area contributed by atoms with Crippen molar-refractivity contribution in [2.75, 3.05) is 37.8 Å². The number of ether oxygens (including phenoxy) is 1. The van der Waals surface area contributed by atoms with Gasteiger partial charge in [-0.15, -0.1) is 11.3 Å². The number of halogens is 2. The molecule has 1 aliphatic carbocycles. The molecule has 0 spiro atoms. The molecule has 0 saturated carbocycles. The predicted molar refractivity (Wildman–Crippen MR) is 178 cm³/mol. The van der Waals surface area contributed by atoms with Crippen LogP contribution in [0.2, 0.25) is 10.0 Å². The van der Waals surface area contributed by atoms with Crippen LogP contribution in [0.1, 0.15) is 34.9 Å². The molecule has 1 atom stereocenters. The zero-order chi connectivity index (χ0) is 31.8. The monoisotopic (exact) mass is 666 g/mol. The van der Waals surface area contributed by atoms with Gasteiger partial charge in [-0.3, -0.25) is 19.8 Å². The third-order valence-corrected chi connectivity index (χ3v) is 9.98. The molecule has 2 amide bonds. The first kappa shape index (κ1) is 31.1. The Balaban J connectivity index is 1.22. The summed E-state index contributed by atoms with van der Waals surface area (Å²) in [6, 6.07) is 12.2. The number of carbonyl (C=O) groups is 2. The van der Waals surface area contributed by atoms with E-state index >= 15 is 0 Å². The van der Waals surface area contributed by atoms with Crippen molar-refractivity contribution in [3.8, 4) is 16.3 Å². The van der Waals surface area contributed by atoms with Crippen molar-refractivity contribution in [3.63, 3.8) is 0 Å². The van der Waals surface area contributed by atoms with Crippen LogP contribution in [-0.4, -0.2) is 58.5 Å². The second-order valence-electron chi connectivity index (χ2n) is 11.3. The average Bonchev–Trinajstić information content (AvgIpc) is 3.42. The lowest BCUT2D eigenvalue weighted by atomic mass is 10.00. The first-order valence-electron chi connectivity index (χ1n) is 14.6. The van der Waals surface area contributed by atoms with E-state index in [-0.39, 0.29) is 39.1 Å². The fourth-order valence-corrected chi connectivity index (χ4v) is 7.30. The van der Waals surface area contributed by atoms with Gasteiger partial charge < -0.3 is 19.5 Å². The number of anilines is 3. The van der Waals surface area contributed by atoms with Crippen LogP contribution in [0, 0.1) is 0 Å². The number of fused-ring (bicyclic) bond motifs is 1. The Morgan fingerprint density at radius 2 is 1.78 bits per heavy atom. The molecule has 0 bridgehead atoms. The fourth-order valence-electron chi connectivity index (χ4n) is 5.64. The number of thiophene rings is 1. The molecule has 2 aliphatic rings. The SMILES string of the molecule is CN1CCN(C)C(c2ccc(Nc3nc(-c4ccc(Cl)c(NC(=O)Oc5cc6c(s5)CCCC6)c4Cl)cn(C)c3=O)cc2)C1=O. The first-order valence-corrected chi connectivity index (χ1v) is 16.1. The number of nitrogens with zero attached hydrogens (tertiary/aromatic N) is 4. The fraction of sp³-hybridized carbons (Fsp3) is 0.312. The largest absolute Gasteiger partial charge is 0.417 e. The van der Waals surface area contributed by atoms with Crippen molar-refractivity contribution in [2.45, 2.75) is 31.7 Å². The van der Waals surface area contributed by atoms with Crippen molar-refractivity contribution in [1.29, 1.82) is 0 Å². The van der Waals surface area contributed by atoms with Gasteiger partial charge in [-0.1, -0.05) is 35.3 Å². The maximum atomic E-state index is 13.0. The highest BCUT2D eigenvalue weighted by Gasteiger charge is 2.32. The lowest BCUT2D eigenvalue weighted by Crippen LogP contribution is -2.48. The Morgan fingerprint density at radius 1 is 1.02 bits per heavy atom. The van der Waals surface area contributed by atoms with Crippen molar-refractivity contribution in [1.82, 2.24) is 19.4 Å². The highest BCUT2D eigenvalue weighted by molar-refractivity contribution is 7.14. The van der Waals surface area contributed by atoms with Gasteiger partial charge >= 0.3 is 6.09 Å². The Labute approximate surface area is 274 Å². The van der Waals surface area contributed by atoms with Crippen molar-refractivity contribution >= 4 is 63.7 Å². The molecule has 10 nitrogen and oxygen atoms in total. The van der Waals surface area contributed by atoms with Gasteiger partial charge in [-0.2, -0.15) is 0 Å². The molecule has 2 N–H and O–H groups in total. The summed E-state index contributed by atoms with van der Waals surface area (Å²) in [6.45, 7) is 1.47. The number of aromatic nitrogens is 2. The minimum Gasteiger partial charge on any atom is -0.399 e. The third-order valence-electron chi connectivity index (χ3n) is 8.16. The second-order valence-corrected chi connectivity index (χ2v) is 13.2. The number of hydrogen-bond acceptors (Lipinski definition) is 8. The second kappa shape index (κ2) is 12.8. The highest BCUT2D eigenvalue weighted by atomic mass is 35.5. The normalized spacial score (nSPS) is 16.8. The van der Waals surface area contributed by atoms with Crippen molar-refractivity contribution in [2.24, 2.45) is 7.05 Å². The van der Waals surface area contributed by atoms with E-state index in [1.165, 1.54) is 26.3 Å². The lowest BCUT2D eigenvalue weighted by molar-refractivity contribution is -0.139. The van der Waals surface area contributed by atoms with Gasteiger partial charge in [0.1, 0.15) is 6.04 Å². The van der Waals surface area contributed by atoms with E-state index in [4.69, 9.17) is 27.9 Å². The van der Waals surface area contributed by atoms with Crippen LogP contribution < -0.4 is 20.9 Å². The van der Waals surface area contributed by atoms with Crippen molar-refractivity contribution < 1.29 is 14.3 Å². The van der Waals surface area contributed by atoms with Gasteiger partial charge in [0, 0.05) is 49.5 Å². The number of piperazine rings is 1. The molecule has 2 aromatic carbocycles. The number of nitrogens with one attached hydrogen (secondary N) is 2. The zero-order valence-corrected chi connectivity index (χ0v) is 27.4. The number of hydrogen-bond donors (Lipinski definition) is 2. The Kier molecular flexibility index (Phi) is 8.87. The zero-order valence-electron chi connectivity index (χ0n) is 25.0. The maximum Gasteiger partial charge on any atom is 0.417 e. The van der Waals surface area contributed by atoms with Gasteiger partial charge in [0.15, 0.2) is 10.9 Å². The summed E-state index contributed by atoms with van der Waals surface area (Å²) in [5.74, 6) is 0.120. The average molecular weight is 668 g/mol. The predicted octanol–water partition coefficient (Wildman–Crippen LogP) is 6.49. The van der Waals surface area contributed by atoms with E-state index in [1.54, 1.807) is 37.3 Å². The summed E-state index contributed by atoms with van der Waals surface area (Å²) >= 11 is 14.7. The van der Waals surface area contributed by atoms with E-state index in [9.17, 15) is 14.4 Å². The highest BCUT2D eigenvalue weighted by Crippen LogP contribution is 2.39. The summed E-state index contributed by atoms with van der Waals surface area (Å²) in [7, 11) is 5.35. The molecule has 13 heteroatoms. The smallest absolute Gasteiger partial charge is 0.399 e.